The average Bonchev–Trinajstić information content (AvgIpc) is 1.86. The number of ketones is 1. The molecule has 0 aromatic heterocycles. The highest BCUT2D eigenvalue weighted by Gasteiger charge is 2.08. The first-order chi connectivity index (χ1) is 4.70. The maximum absolute atomic E-state index is 10.6. The van der Waals surface area contributed by atoms with Crippen molar-refractivity contribution in [3.05, 3.63) is 0 Å². The minimum Gasteiger partial charge on any atom is -0.382 e. The van der Waals surface area contributed by atoms with Crippen molar-refractivity contribution in [1.29, 1.82) is 0 Å². The van der Waals surface area contributed by atoms with Gasteiger partial charge in [-0.1, -0.05) is 0 Å². The Labute approximate surface area is 61.3 Å². The van der Waals surface area contributed by atoms with Crippen molar-refractivity contribution < 1.29 is 14.3 Å². The van der Waals surface area contributed by atoms with E-state index < -0.39 is 0 Å². The van der Waals surface area contributed by atoms with Crippen LogP contribution in [0.2, 0.25) is 0 Å². The zero-order chi connectivity index (χ0) is 7.98. The first kappa shape index (κ1) is 9.59. The number of hydrogen-bond acceptors (Lipinski definition) is 3. The lowest BCUT2D eigenvalue weighted by molar-refractivity contribution is -0.120. The van der Waals surface area contributed by atoms with Gasteiger partial charge in [0.1, 0.15) is 5.78 Å². The molecular weight excluding hydrogens is 132 g/mol. The first-order valence-electron chi connectivity index (χ1n) is 3.22. The Morgan fingerprint density at radius 3 is 2.40 bits per heavy atom. The summed E-state index contributed by atoms with van der Waals surface area (Å²) in [5, 5.41) is 0. The monoisotopic (exact) mass is 146 g/mol. The molecule has 0 aliphatic heterocycles. The van der Waals surface area contributed by atoms with Gasteiger partial charge in [-0.3, -0.25) is 4.79 Å². The second kappa shape index (κ2) is 5.38. The van der Waals surface area contributed by atoms with Crippen LogP contribution in [-0.2, 0) is 14.3 Å². The molecule has 0 N–H and O–H groups in total. The molecule has 0 rings (SSSR count). The van der Waals surface area contributed by atoms with Gasteiger partial charge < -0.3 is 9.47 Å². The predicted molar refractivity (Wildman–Crippen MR) is 38.0 cm³/mol. The topological polar surface area (TPSA) is 35.5 Å². The van der Waals surface area contributed by atoms with Crippen LogP contribution < -0.4 is 0 Å². The van der Waals surface area contributed by atoms with Gasteiger partial charge in [0, 0.05) is 20.6 Å². The molecule has 0 bridgehead atoms. The van der Waals surface area contributed by atoms with Crippen LogP contribution >= 0.6 is 0 Å². The van der Waals surface area contributed by atoms with Crippen molar-refractivity contribution in [3.8, 4) is 0 Å². The van der Waals surface area contributed by atoms with Crippen molar-refractivity contribution in [2.45, 2.75) is 19.4 Å². The van der Waals surface area contributed by atoms with Crippen molar-refractivity contribution in [2.24, 2.45) is 0 Å². The quantitative estimate of drug-likeness (QED) is 0.570. The Balaban J connectivity index is 3.49. The Hall–Kier alpha value is -0.410. The van der Waals surface area contributed by atoms with Crippen molar-refractivity contribution in [2.75, 3.05) is 20.8 Å². The Morgan fingerprint density at radius 2 is 2.10 bits per heavy atom. The molecule has 0 heterocycles. The van der Waals surface area contributed by atoms with Crippen LogP contribution in [0.4, 0.5) is 0 Å². The molecule has 0 aliphatic carbocycles. The van der Waals surface area contributed by atoms with Gasteiger partial charge >= 0.3 is 0 Å². The Morgan fingerprint density at radius 1 is 1.50 bits per heavy atom. The van der Waals surface area contributed by atoms with Crippen LogP contribution in [0, 0.1) is 0 Å². The van der Waals surface area contributed by atoms with Gasteiger partial charge in [0.25, 0.3) is 0 Å². The molecule has 3 heteroatoms. The van der Waals surface area contributed by atoms with Crippen molar-refractivity contribution >= 4 is 5.78 Å². The Kier molecular flexibility index (Phi) is 5.16. The van der Waals surface area contributed by atoms with Crippen LogP contribution in [0.3, 0.4) is 0 Å². The van der Waals surface area contributed by atoms with E-state index >= 15 is 0 Å². The molecule has 0 saturated carbocycles. The lowest BCUT2D eigenvalue weighted by atomic mass is 10.2. The molecule has 0 fully saturated rings. The zero-order valence-corrected chi connectivity index (χ0v) is 6.72. The molecule has 0 aromatic rings. The number of methoxy groups -OCH3 is 2. The van der Waals surface area contributed by atoms with Gasteiger partial charge in [-0.25, -0.2) is 0 Å². The normalized spacial score (nSPS) is 13.1. The summed E-state index contributed by atoms with van der Waals surface area (Å²) in [4.78, 5) is 10.6. The molecule has 0 aliphatic rings. The van der Waals surface area contributed by atoms with Gasteiger partial charge in [0.05, 0.1) is 12.7 Å². The predicted octanol–water partition coefficient (Wildman–Crippen LogP) is 0.627. The van der Waals surface area contributed by atoms with E-state index in [2.05, 4.69) is 0 Å². The van der Waals surface area contributed by atoms with E-state index in [0.29, 0.717) is 13.0 Å². The van der Waals surface area contributed by atoms with E-state index in [1.54, 1.807) is 21.1 Å². The molecule has 10 heavy (non-hydrogen) atoms. The summed E-state index contributed by atoms with van der Waals surface area (Å²) in [6, 6.07) is 0. The highest BCUT2D eigenvalue weighted by molar-refractivity contribution is 5.75. The average molecular weight is 146 g/mol. The molecule has 0 radical (unpaired) electrons. The maximum atomic E-state index is 10.6. The van der Waals surface area contributed by atoms with Crippen LogP contribution in [0.15, 0.2) is 0 Å². The number of carbonyl (C=O) groups is 1. The lowest BCUT2D eigenvalue weighted by Gasteiger charge is -2.11. The third kappa shape index (κ3) is 4.47. The summed E-state index contributed by atoms with van der Waals surface area (Å²) in [5.74, 6) is 0.129. The van der Waals surface area contributed by atoms with E-state index in [1.807, 2.05) is 0 Å². The summed E-state index contributed by atoms with van der Waals surface area (Å²) in [7, 11) is 3.17. The van der Waals surface area contributed by atoms with Crippen molar-refractivity contribution in [3.63, 3.8) is 0 Å². The van der Waals surface area contributed by atoms with E-state index in [9.17, 15) is 4.79 Å². The Bertz CT molecular complexity index is 101. The summed E-state index contributed by atoms with van der Waals surface area (Å²) in [6.45, 7) is 2.03. The molecular formula is C7H14O3. The van der Waals surface area contributed by atoms with E-state index in [4.69, 9.17) is 9.47 Å². The summed E-state index contributed by atoms with van der Waals surface area (Å²) in [5.41, 5.74) is 0. The van der Waals surface area contributed by atoms with E-state index in [0.717, 1.165) is 0 Å². The number of ether oxygens (including phenoxy) is 2. The fourth-order valence-corrected chi connectivity index (χ4v) is 0.717. The second-order valence-corrected chi connectivity index (χ2v) is 2.22. The zero-order valence-electron chi connectivity index (χ0n) is 6.72. The van der Waals surface area contributed by atoms with Gasteiger partial charge in [0.15, 0.2) is 0 Å². The smallest absolute Gasteiger partial charge is 0.132 e. The molecule has 3 nitrogen and oxygen atoms in total. The fourth-order valence-electron chi connectivity index (χ4n) is 0.717. The van der Waals surface area contributed by atoms with E-state index in [1.165, 1.54) is 0 Å². The van der Waals surface area contributed by atoms with Gasteiger partial charge in [-0.2, -0.15) is 0 Å². The number of hydrogen-bond donors (Lipinski definition) is 0. The summed E-state index contributed by atoms with van der Waals surface area (Å²) in [6.07, 6.45) is 0.354. The van der Waals surface area contributed by atoms with Crippen LogP contribution in [-0.4, -0.2) is 32.7 Å². The van der Waals surface area contributed by atoms with Crippen LogP contribution in [0.5, 0.6) is 0 Å². The highest BCUT2D eigenvalue weighted by atomic mass is 16.5. The number of rotatable bonds is 5. The minimum absolute atomic E-state index is 0.0810. The molecule has 0 saturated heterocycles. The number of Topliss-reactive ketones (excluding diaryl/α,β-unsaturated/α-hetero) is 1. The molecule has 0 unspecified atom stereocenters. The number of carbonyl (C=O) groups excluding carboxylic acids is 1. The molecule has 1 atom stereocenters. The van der Waals surface area contributed by atoms with Gasteiger partial charge in [-0.05, 0) is 6.92 Å². The van der Waals surface area contributed by atoms with E-state index in [-0.39, 0.29) is 11.9 Å². The highest BCUT2D eigenvalue weighted by Crippen LogP contribution is 1.97. The lowest BCUT2D eigenvalue weighted by Crippen LogP contribution is -2.20. The third-order valence-corrected chi connectivity index (χ3v) is 1.20. The summed E-state index contributed by atoms with van der Waals surface area (Å²) >= 11 is 0. The van der Waals surface area contributed by atoms with Gasteiger partial charge in [-0.15, -0.1) is 0 Å². The van der Waals surface area contributed by atoms with Crippen LogP contribution in [0.1, 0.15) is 13.3 Å². The van der Waals surface area contributed by atoms with Gasteiger partial charge in [0.2, 0.25) is 0 Å². The largest absolute Gasteiger partial charge is 0.382 e. The molecule has 0 aromatic carbocycles. The standard InChI is InChI=1S/C7H14O3/c1-6(8)4-7(10-3)5-9-2/h7H,4-5H2,1-3H3/t7-/m0/s1. The van der Waals surface area contributed by atoms with Crippen molar-refractivity contribution in [1.82, 2.24) is 0 Å². The minimum atomic E-state index is -0.0810. The third-order valence-electron chi connectivity index (χ3n) is 1.20. The molecule has 0 amide bonds. The van der Waals surface area contributed by atoms with Crippen LogP contribution in [0.25, 0.3) is 0 Å². The summed E-state index contributed by atoms with van der Waals surface area (Å²) < 4.78 is 9.77. The second-order valence-electron chi connectivity index (χ2n) is 2.22. The fraction of sp³-hybridized carbons (Fsp3) is 0.857. The SMILES string of the molecule is COC[C@H](CC(C)=O)OC. The molecule has 0 spiro atoms. The first-order valence-corrected chi connectivity index (χ1v) is 3.22. The molecule has 60 valence electrons. The maximum Gasteiger partial charge on any atom is 0.132 e.